The zero-order valence-corrected chi connectivity index (χ0v) is 15.0. The first-order valence-electron chi connectivity index (χ1n) is 9.49. The molecule has 1 atom stereocenters. The third-order valence-electron chi connectivity index (χ3n) is 5.13. The fraction of sp³-hybridized carbons (Fsp3) is 0.632. The number of furan rings is 1. The number of nitrogens with one attached hydrogen (secondary N) is 2. The largest absolute Gasteiger partial charge is 0.467 e. The van der Waals surface area contributed by atoms with Crippen LogP contribution in [-0.4, -0.2) is 41.8 Å². The molecule has 0 radical (unpaired) electrons. The molecule has 0 spiro atoms. The van der Waals surface area contributed by atoms with Crippen molar-refractivity contribution in [2.45, 2.75) is 57.5 Å². The zero-order valence-electron chi connectivity index (χ0n) is 15.0. The topological polar surface area (TPSA) is 91.7 Å². The summed E-state index contributed by atoms with van der Waals surface area (Å²) in [6, 6.07) is 3.87. The Balaban J connectivity index is 1.35. The minimum Gasteiger partial charge on any atom is -0.467 e. The lowest BCUT2D eigenvalue weighted by molar-refractivity contribution is -0.129. The number of carbonyl (C=O) groups excluding carboxylic acids is 3. The van der Waals surface area contributed by atoms with Crippen molar-refractivity contribution in [1.82, 2.24) is 15.5 Å². The summed E-state index contributed by atoms with van der Waals surface area (Å²) in [4.78, 5) is 37.9. The maximum atomic E-state index is 12.3. The van der Waals surface area contributed by atoms with Crippen LogP contribution in [0.5, 0.6) is 0 Å². The van der Waals surface area contributed by atoms with Gasteiger partial charge in [-0.2, -0.15) is 0 Å². The van der Waals surface area contributed by atoms with Crippen LogP contribution in [0.2, 0.25) is 0 Å². The lowest BCUT2D eigenvalue weighted by atomic mass is 9.95. The molecular formula is C19H27N3O4. The molecule has 3 amide bonds. The molecular weight excluding hydrogens is 334 g/mol. The molecule has 1 aromatic heterocycles. The van der Waals surface area contributed by atoms with Crippen LogP contribution in [0.25, 0.3) is 0 Å². The van der Waals surface area contributed by atoms with Crippen molar-refractivity contribution in [1.29, 1.82) is 0 Å². The van der Waals surface area contributed by atoms with Crippen LogP contribution < -0.4 is 10.6 Å². The molecule has 2 fully saturated rings. The summed E-state index contributed by atoms with van der Waals surface area (Å²) < 4.78 is 5.25. The second kappa shape index (κ2) is 8.87. The lowest BCUT2D eigenvalue weighted by Crippen LogP contribution is -2.39. The van der Waals surface area contributed by atoms with E-state index in [2.05, 4.69) is 10.6 Å². The van der Waals surface area contributed by atoms with Gasteiger partial charge in [0.25, 0.3) is 0 Å². The van der Waals surface area contributed by atoms with Gasteiger partial charge in [0.15, 0.2) is 0 Å². The van der Waals surface area contributed by atoms with E-state index < -0.39 is 0 Å². The van der Waals surface area contributed by atoms with Crippen molar-refractivity contribution < 1.29 is 18.8 Å². The van der Waals surface area contributed by atoms with E-state index in [-0.39, 0.29) is 42.5 Å². The van der Waals surface area contributed by atoms with E-state index in [4.69, 9.17) is 4.42 Å². The fourth-order valence-electron chi connectivity index (χ4n) is 3.68. The summed E-state index contributed by atoms with van der Waals surface area (Å²) in [5.74, 6) is 0.124. The maximum Gasteiger partial charge on any atom is 0.225 e. The number of nitrogens with zero attached hydrogens (tertiary/aromatic N) is 1. The summed E-state index contributed by atoms with van der Waals surface area (Å²) in [6.45, 7) is 1.08. The number of likely N-dealkylation sites (tertiary alicyclic amines) is 1. The van der Waals surface area contributed by atoms with Gasteiger partial charge in [-0.3, -0.25) is 14.4 Å². The van der Waals surface area contributed by atoms with Gasteiger partial charge in [-0.15, -0.1) is 0 Å². The van der Waals surface area contributed by atoms with E-state index in [1.54, 1.807) is 17.2 Å². The quantitative estimate of drug-likeness (QED) is 0.771. The second-order valence-electron chi connectivity index (χ2n) is 7.20. The molecule has 142 valence electrons. The molecule has 2 aliphatic rings. The SMILES string of the molecule is O=C(CCNC(=O)C1CC(=O)N(Cc2ccco2)C1)NC1CCCCC1. The highest BCUT2D eigenvalue weighted by molar-refractivity contribution is 5.89. The van der Waals surface area contributed by atoms with Gasteiger partial charge in [0.1, 0.15) is 5.76 Å². The van der Waals surface area contributed by atoms with Crippen LogP contribution >= 0.6 is 0 Å². The van der Waals surface area contributed by atoms with E-state index in [1.165, 1.54) is 19.3 Å². The molecule has 26 heavy (non-hydrogen) atoms. The smallest absolute Gasteiger partial charge is 0.225 e. The highest BCUT2D eigenvalue weighted by Gasteiger charge is 2.34. The normalized spacial score (nSPS) is 21.0. The van der Waals surface area contributed by atoms with Crippen LogP contribution in [0.4, 0.5) is 0 Å². The maximum absolute atomic E-state index is 12.3. The third-order valence-corrected chi connectivity index (χ3v) is 5.13. The molecule has 1 unspecified atom stereocenters. The monoisotopic (exact) mass is 361 g/mol. The number of rotatable bonds is 7. The zero-order chi connectivity index (χ0) is 18.4. The number of amides is 3. The Morgan fingerprint density at radius 3 is 2.77 bits per heavy atom. The molecule has 1 saturated carbocycles. The summed E-state index contributed by atoms with van der Waals surface area (Å²) >= 11 is 0. The lowest BCUT2D eigenvalue weighted by Gasteiger charge is -2.22. The van der Waals surface area contributed by atoms with Gasteiger partial charge in [0.05, 0.1) is 18.7 Å². The Labute approximate surface area is 153 Å². The molecule has 7 heteroatoms. The van der Waals surface area contributed by atoms with Crippen LogP contribution in [0.3, 0.4) is 0 Å². The predicted molar refractivity (Wildman–Crippen MR) is 94.9 cm³/mol. The fourth-order valence-corrected chi connectivity index (χ4v) is 3.68. The number of hydrogen-bond acceptors (Lipinski definition) is 4. The second-order valence-corrected chi connectivity index (χ2v) is 7.20. The van der Waals surface area contributed by atoms with Gasteiger partial charge in [-0.05, 0) is 25.0 Å². The Hall–Kier alpha value is -2.31. The molecule has 1 aliphatic carbocycles. The van der Waals surface area contributed by atoms with Gasteiger partial charge < -0.3 is 20.0 Å². The van der Waals surface area contributed by atoms with Crippen LogP contribution in [0, 0.1) is 5.92 Å². The molecule has 1 saturated heterocycles. The highest BCUT2D eigenvalue weighted by atomic mass is 16.3. The summed E-state index contributed by atoms with van der Waals surface area (Å²) in [7, 11) is 0. The predicted octanol–water partition coefficient (Wildman–Crippen LogP) is 1.58. The standard InChI is InChI=1S/C19H27N3O4/c23-17(21-15-5-2-1-3-6-15)8-9-20-19(25)14-11-18(24)22(12-14)13-16-7-4-10-26-16/h4,7,10,14-15H,1-3,5-6,8-9,11-13H2,(H,20,25)(H,21,23). The molecule has 7 nitrogen and oxygen atoms in total. The van der Waals surface area contributed by atoms with Crippen molar-refractivity contribution >= 4 is 17.7 Å². The van der Waals surface area contributed by atoms with Gasteiger partial charge >= 0.3 is 0 Å². The van der Waals surface area contributed by atoms with Gasteiger partial charge in [0.2, 0.25) is 17.7 Å². The minimum absolute atomic E-state index is 0.0147. The summed E-state index contributed by atoms with van der Waals surface area (Å²) in [6.07, 6.45) is 7.75. The van der Waals surface area contributed by atoms with E-state index in [0.717, 1.165) is 12.8 Å². The average molecular weight is 361 g/mol. The number of hydrogen-bond donors (Lipinski definition) is 2. The minimum atomic E-state index is -0.362. The molecule has 2 heterocycles. The molecule has 1 aliphatic heterocycles. The van der Waals surface area contributed by atoms with Crippen molar-refractivity contribution in [3.63, 3.8) is 0 Å². The molecule has 0 aromatic carbocycles. The van der Waals surface area contributed by atoms with Crippen LogP contribution in [0.15, 0.2) is 22.8 Å². The van der Waals surface area contributed by atoms with Crippen molar-refractivity contribution in [2.75, 3.05) is 13.1 Å². The van der Waals surface area contributed by atoms with E-state index in [0.29, 0.717) is 25.4 Å². The van der Waals surface area contributed by atoms with Crippen molar-refractivity contribution in [3.05, 3.63) is 24.2 Å². The Morgan fingerprint density at radius 1 is 1.23 bits per heavy atom. The van der Waals surface area contributed by atoms with Gasteiger partial charge in [-0.25, -0.2) is 0 Å². The van der Waals surface area contributed by atoms with Crippen molar-refractivity contribution in [2.24, 2.45) is 5.92 Å². The Morgan fingerprint density at radius 2 is 2.04 bits per heavy atom. The third kappa shape index (κ3) is 5.09. The number of carbonyl (C=O) groups is 3. The highest BCUT2D eigenvalue weighted by Crippen LogP contribution is 2.20. The molecule has 2 N–H and O–H groups in total. The Bertz CT molecular complexity index is 623. The summed E-state index contributed by atoms with van der Waals surface area (Å²) in [5, 5.41) is 5.83. The van der Waals surface area contributed by atoms with E-state index >= 15 is 0 Å². The van der Waals surface area contributed by atoms with Gasteiger partial charge in [0, 0.05) is 32.0 Å². The van der Waals surface area contributed by atoms with E-state index in [1.807, 2.05) is 6.07 Å². The first kappa shape index (κ1) is 18.5. The van der Waals surface area contributed by atoms with Crippen LogP contribution in [-0.2, 0) is 20.9 Å². The van der Waals surface area contributed by atoms with Gasteiger partial charge in [-0.1, -0.05) is 19.3 Å². The van der Waals surface area contributed by atoms with Crippen LogP contribution in [0.1, 0.15) is 50.7 Å². The Kier molecular flexibility index (Phi) is 6.30. The molecule has 0 bridgehead atoms. The van der Waals surface area contributed by atoms with Crippen molar-refractivity contribution in [3.8, 4) is 0 Å². The molecule has 3 rings (SSSR count). The van der Waals surface area contributed by atoms with E-state index in [9.17, 15) is 14.4 Å². The first-order chi connectivity index (χ1) is 12.6. The summed E-state index contributed by atoms with van der Waals surface area (Å²) in [5.41, 5.74) is 0. The average Bonchev–Trinajstić information content (AvgIpc) is 3.26. The first-order valence-corrected chi connectivity index (χ1v) is 9.49. The molecule has 1 aromatic rings.